The van der Waals surface area contributed by atoms with Crippen LogP contribution in [0.25, 0.3) is 0 Å². The Morgan fingerprint density at radius 2 is 2.25 bits per heavy atom. The molecule has 0 bridgehead atoms. The van der Waals surface area contributed by atoms with Crippen LogP contribution in [0.4, 0.5) is 0 Å². The smallest absolute Gasteiger partial charge is 0.222 e. The van der Waals surface area contributed by atoms with Crippen LogP contribution >= 0.6 is 12.4 Å². The zero-order valence-corrected chi connectivity index (χ0v) is 13.2. The quantitative estimate of drug-likeness (QED) is 0.905. The lowest BCUT2D eigenvalue weighted by atomic mass is 10.1. The molecule has 1 aromatic rings. The summed E-state index contributed by atoms with van der Waals surface area (Å²) in [5.41, 5.74) is 2.53. The standard InChI is InChI=1S/C16H24N2O.ClH/c1-13-4-3-5-14(10-13)6-7-16(19)18-9-8-15(12-18)11-17-2;/h3-5,10,15,17H,6-9,11-12H2,1-2H3;1H. The number of amides is 1. The maximum absolute atomic E-state index is 12.2. The predicted molar refractivity (Wildman–Crippen MR) is 85.4 cm³/mol. The molecule has 1 aliphatic heterocycles. The molecule has 1 amide bonds. The molecule has 1 aliphatic rings. The van der Waals surface area contributed by atoms with Gasteiger partial charge in [0.2, 0.25) is 5.91 Å². The van der Waals surface area contributed by atoms with Crippen molar-refractivity contribution in [3.8, 4) is 0 Å². The molecule has 1 N–H and O–H groups in total. The molecule has 1 aromatic carbocycles. The van der Waals surface area contributed by atoms with Crippen LogP contribution in [0.15, 0.2) is 24.3 Å². The summed E-state index contributed by atoms with van der Waals surface area (Å²) in [4.78, 5) is 14.2. The Morgan fingerprint density at radius 3 is 2.95 bits per heavy atom. The highest BCUT2D eigenvalue weighted by molar-refractivity contribution is 5.85. The summed E-state index contributed by atoms with van der Waals surface area (Å²) >= 11 is 0. The molecule has 0 radical (unpaired) electrons. The van der Waals surface area contributed by atoms with Gasteiger partial charge in [-0.1, -0.05) is 29.8 Å². The summed E-state index contributed by atoms with van der Waals surface area (Å²) in [7, 11) is 1.97. The first-order chi connectivity index (χ1) is 9.19. The Balaban J connectivity index is 0.00000200. The highest BCUT2D eigenvalue weighted by Gasteiger charge is 2.25. The Labute approximate surface area is 128 Å². The third-order valence-corrected chi connectivity index (χ3v) is 3.84. The first kappa shape index (κ1) is 17.0. The highest BCUT2D eigenvalue weighted by atomic mass is 35.5. The molecule has 1 heterocycles. The number of nitrogens with one attached hydrogen (secondary N) is 1. The van der Waals surface area contributed by atoms with Gasteiger partial charge in [0.1, 0.15) is 0 Å². The number of hydrogen-bond donors (Lipinski definition) is 1. The van der Waals surface area contributed by atoms with Gasteiger partial charge in [-0.3, -0.25) is 4.79 Å². The number of benzene rings is 1. The fraction of sp³-hybridized carbons (Fsp3) is 0.562. The van der Waals surface area contributed by atoms with Crippen molar-refractivity contribution in [2.24, 2.45) is 5.92 Å². The van der Waals surface area contributed by atoms with Gasteiger partial charge >= 0.3 is 0 Å². The van der Waals surface area contributed by atoms with Crippen molar-refractivity contribution in [2.45, 2.75) is 26.2 Å². The van der Waals surface area contributed by atoms with Crippen LogP contribution in [0.5, 0.6) is 0 Å². The molecule has 3 nitrogen and oxygen atoms in total. The topological polar surface area (TPSA) is 32.3 Å². The van der Waals surface area contributed by atoms with E-state index < -0.39 is 0 Å². The normalized spacial score (nSPS) is 17.9. The first-order valence-electron chi connectivity index (χ1n) is 7.17. The first-order valence-corrected chi connectivity index (χ1v) is 7.17. The lowest BCUT2D eigenvalue weighted by molar-refractivity contribution is -0.130. The number of halogens is 1. The van der Waals surface area contributed by atoms with Gasteiger partial charge in [0.15, 0.2) is 0 Å². The number of nitrogens with zero attached hydrogens (tertiary/aromatic N) is 1. The number of aryl methyl sites for hydroxylation is 2. The number of hydrogen-bond acceptors (Lipinski definition) is 2. The zero-order chi connectivity index (χ0) is 13.7. The van der Waals surface area contributed by atoms with Crippen LogP contribution in [-0.2, 0) is 11.2 Å². The fourth-order valence-corrected chi connectivity index (χ4v) is 2.79. The van der Waals surface area contributed by atoms with Crippen LogP contribution in [0.1, 0.15) is 24.0 Å². The minimum absolute atomic E-state index is 0. The summed E-state index contributed by atoms with van der Waals surface area (Å²) < 4.78 is 0. The van der Waals surface area contributed by atoms with Crippen molar-refractivity contribution < 1.29 is 4.79 Å². The summed E-state index contributed by atoms with van der Waals surface area (Å²) in [6, 6.07) is 8.43. The number of carbonyl (C=O) groups is 1. The number of rotatable bonds is 5. The predicted octanol–water partition coefficient (Wildman–Crippen LogP) is 2.42. The average molecular weight is 297 g/mol. The van der Waals surface area contributed by atoms with Gasteiger partial charge in [-0.2, -0.15) is 0 Å². The monoisotopic (exact) mass is 296 g/mol. The molecular formula is C16H25ClN2O. The molecule has 0 saturated carbocycles. The van der Waals surface area contributed by atoms with Gasteiger partial charge in [-0.15, -0.1) is 12.4 Å². The molecule has 1 fully saturated rings. The largest absolute Gasteiger partial charge is 0.342 e. The molecule has 4 heteroatoms. The minimum atomic E-state index is 0. The van der Waals surface area contributed by atoms with Crippen LogP contribution in [0.3, 0.4) is 0 Å². The molecule has 0 aromatic heterocycles. The summed E-state index contributed by atoms with van der Waals surface area (Å²) in [5, 5.41) is 3.20. The maximum atomic E-state index is 12.2. The van der Waals surface area contributed by atoms with Crippen molar-refractivity contribution in [1.29, 1.82) is 0 Å². The summed E-state index contributed by atoms with van der Waals surface area (Å²) in [6.45, 7) is 4.96. The number of carbonyl (C=O) groups excluding carboxylic acids is 1. The zero-order valence-electron chi connectivity index (χ0n) is 12.4. The van der Waals surface area contributed by atoms with E-state index in [1.807, 2.05) is 11.9 Å². The fourth-order valence-electron chi connectivity index (χ4n) is 2.79. The van der Waals surface area contributed by atoms with Crippen LogP contribution in [-0.4, -0.2) is 37.5 Å². The van der Waals surface area contributed by atoms with Crippen molar-refractivity contribution in [2.75, 3.05) is 26.7 Å². The van der Waals surface area contributed by atoms with Gasteiger partial charge < -0.3 is 10.2 Å². The van der Waals surface area contributed by atoms with Crippen molar-refractivity contribution >= 4 is 18.3 Å². The Morgan fingerprint density at radius 1 is 1.45 bits per heavy atom. The molecule has 0 aliphatic carbocycles. The Kier molecular flexibility index (Phi) is 7.03. The van der Waals surface area contributed by atoms with Crippen molar-refractivity contribution in [3.63, 3.8) is 0 Å². The van der Waals surface area contributed by atoms with E-state index >= 15 is 0 Å². The molecular weight excluding hydrogens is 272 g/mol. The van der Waals surface area contributed by atoms with Crippen LogP contribution < -0.4 is 5.32 Å². The highest BCUT2D eigenvalue weighted by Crippen LogP contribution is 2.17. The SMILES string of the molecule is CNCC1CCN(C(=O)CCc2cccc(C)c2)C1.Cl. The lowest BCUT2D eigenvalue weighted by Crippen LogP contribution is -2.30. The third-order valence-electron chi connectivity index (χ3n) is 3.84. The van der Waals surface area contributed by atoms with Gasteiger partial charge in [0, 0.05) is 19.5 Å². The second-order valence-corrected chi connectivity index (χ2v) is 5.54. The minimum Gasteiger partial charge on any atom is -0.342 e. The summed E-state index contributed by atoms with van der Waals surface area (Å²) in [5.74, 6) is 0.938. The molecule has 0 spiro atoms. The van der Waals surface area contributed by atoms with E-state index in [9.17, 15) is 4.79 Å². The average Bonchev–Trinajstić information content (AvgIpc) is 2.85. The lowest BCUT2D eigenvalue weighted by Gasteiger charge is -2.16. The van der Waals surface area contributed by atoms with E-state index in [1.54, 1.807) is 0 Å². The van der Waals surface area contributed by atoms with E-state index in [-0.39, 0.29) is 12.4 Å². The van der Waals surface area contributed by atoms with E-state index in [0.717, 1.165) is 32.5 Å². The third kappa shape index (κ3) is 4.80. The maximum Gasteiger partial charge on any atom is 0.222 e. The molecule has 2 rings (SSSR count). The Bertz CT molecular complexity index is 436. The molecule has 1 unspecified atom stereocenters. The van der Waals surface area contributed by atoms with E-state index in [0.29, 0.717) is 18.2 Å². The van der Waals surface area contributed by atoms with E-state index in [1.165, 1.54) is 11.1 Å². The van der Waals surface area contributed by atoms with Crippen molar-refractivity contribution in [1.82, 2.24) is 10.2 Å². The van der Waals surface area contributed by atoms with Crippen LogP contribution in [0, 0.1) is 12.8 Å². The van der Waals surface area contributed by atoms with Gasteiger partial charge in [0.25, 0.3) is 0 Å². The van der Waals surface area contributed by atoms with E-state index in [4.69, 9.17) is 0 Å². The number of likely N-dealkylation sites (tertiary alicyclic amines) is 1. The van der Waals surface area contributed by atoms with Crippen molar-refractivity contribution in [3.05, 3.63) is 35.4 Å². The summed E-state index contributed by atoms with van der Waals surface area (Å²) in [6.07, 6.45) is 2.63. The molecule has 112 valence electrons. The molecule has 1 saturated heterocycles. The molecule has 1 atom stereocenters. The molecule has 20 heavy (non-hydrogen) atoms. The Hall–Kier alpha value is -1.06. The van der Waals surface area contributed by atoms with E-state index in [2.05, 4.69) is 36.5 Å². The second kappa shape index (κ2) is 8.28. The van der Waals surface area contributed by atoms with Gasteiger partial charge in [-0.25, -0.2) is 0 Å². The second-order valence-electron chi connectivity index (χ2n) is 5.54. The van der Waals surface area contributed by atoms with Gasteiger partial charge in [0.05, 0.1) is 0 Å². The van der Waals surface area contributed by atoms with Crippen LogP contribution in [0.2, 0.25) is 0 Å². The van der Waals surface area contributed by atoms with Gasteiger partial charge in [-0.05, 0) is 44.8 Å².